The van der Waals surface area contributed by atoms with Crippen molar-refractivity contribution in [3.8, 4) is 0 Å². The Balaban J connectivity index is 2.43. The number of hydrogen-bond donors (Lipinski definition) is 1. The van der Waals surface area contributed by atoms with Crippen molar-refractivity contribution in [1.82, 2.24) is 0 Å². The van der Waals surface area contributed by atoms with Gasteiger partial charge in [-0.1, -0.05) is 26.8 Å². The number of anilines is 2. The fourth-order valence-electron chi connectivity index (χ4n) is 2.28. The Kier molecular flexibility index (Phi) is 3.07. The monoisotopic (exact) mass is 232 g/mol. The first kappa shape index (κ1) is 12.3. The summed E-state index contributed by atoms with van der Waals surface area (Å²) in [4.78, 5) is 2.36. The molecule has 0 aromatic heterocycles. The minimum absolute atomic E-state index is 0.216. The smallest absolute Gasteiger partial charge is 0.0602 e. The fraction of sp³-hybridized carbons (Fsp3) is 0.600. The Hall–Kier alpha value is -1.18. The molecule has 2 heteroatoms. The molecule has 1 N–H and O–H groups in total. The molecule has 0 radical (unpaired) electrons. The zero-order chi connectivity index (χ0) is 12.6. The first-order chi connectivity index (χ1) is 7.88. The van der Waals surface area contributed by atoms with Gasteiger partial charge in [0, 0.05) is 19.6 Å². The van der Waals surface area contributed by atoms with Crippen LogP contribution in [0.3, 0.4) is 0 Å². The van der Waals surface area contributed by atoms with Gasteiger partial charge in [0.2, 0.25) is 0 Å². The molecule has 1 heterocycles. The van der Waals surface area contributed by atoms with E-state index >= 15 is 0 Å². The van der Waals surface area contributed by atoms with Gasteiger partial charge < -0.3 is 10.2 Å². The minimum Gasteiger partial charge on any atom is -0.381 e. The van der Waals surface area contributed by atoms with Crippen LogP contribution in [0, 0.1) is 0 Å². The summed E-state index contributed by atoms with van der Waals surface area (Å²) in [5.41, 5.74) is 4.22. The van der Waals surface area contributed by atoms with Crippen molar-refractivity contribution >= 4 is 11.4 Å². The number of benzene rings is 1. The molecule has 1 aliphatic rings. The molecule has 94 valence electrons. The average molecular weight is 232 g/mol. The van der Waals surface area contributed by atoms with Crippen molar-refractivity contribution in [3.05, 3.63) is 23.8 Å². The Morgan fingerprint density at radius 3 is 2.65 bits per heavy atom. The molecule has 0 saturated carbocycles. The number of rotatable bonds is 0. The molecule has 0 aliphatic carbocycles. The van der Waals surface area contributed by atoms with Crippen LogP contribution in [0.25, 0.3) is 0 Å². The van der Waals surface area contributed by atoms with Crippen LogP contribution in [0.15, 0.2) is 18.2 Å². The van der Waals surface area contributed by atoms with Gasteiger partial charge >= 0.3 is 0 Å². The van der Waals surface area contributed by atoms with E-state index < -0.39 is 0 Å². The largest absolute Gasteiger partial charge is 0.381 e. The summed E-state index contributed by atoms with van der Waals surface area (Å²) in [5, 5.41) is 3.59. The van der Waals surface area contributed by atoms with Crippen LogP contribution in [0.5, 0.6) is 0 Å². The first-order valence-corrected chi connectivity index (χ1v) is 6.50. The van der Waals surface area contributed by atoms with E-state index in [4.69, 9.17) is 0 Å². The molecule has 0 fully saturated rings. The van der Waals surface area contributed by atoms with E-state index in [1.807, 2.05) is 0 Å². The topological polar surface area (TPSA) is 15.3 Å². The standard InChI is InChI=1S/C15H24N2/c1-11-8-9-17(5)14-10-12(15(2,3)4)6-7-13(14)16-11/h6-7,10-11,16H,8-9H2,1-5H3. The Morgan fingerprint density at radius 2 is 2.00 bits per heavy atom. The normalized spacial score (nSPS) is 20.5. The van der Waals surface area contributed by atoms with Crippen molar-refractivity contribution in [2.24, 2.45) is 0 Å². The molecule has 1 atom stereocenters. The van der Waals surface area contributed by atoms with Crippen molar-refractivity contribution in [2.75, 3.05) is 23.8 Å². The molecule has 1 aromatic carbocycles. The molecule has 2 nitrogen and oxygen atoms in total. The third-order valence-corrected chi connectivity index (χ3v) is 3.57. The van der Waals surface area contributed by atoms with Crippen molar-refractivity contribution < 1.29 is 0 Å². The second-order valence-corrected chi connectivity index (χ2v) is 6.24. The summed E-state index contributed by atoms with van der Waals surface area (Å²) >= 11 is 0. The van der Waals surface area contributed by atoms with Gasteiger partial charge in [-0.15, -0.1) is 0 Å². The van der Waals surface area contributed by atoms with Crippen LogP contribution in [-0.2, 0) is 5.41 Å². The summed E-state index contributed by atoms with van der Waals surface area (Å²) in [5.74, 6) is 0. The van der Waals surface area contributed by atoms with E-state index in [1.165, 1.54) is 23.4 Å². The van der Waals surface area contributed by atoms with Crippen molar-refractivity contribution in [1.29, 1.82) is 0 Å². The summed E-state index contributed by atoms with van der Waals surface area (Å²) in [6, 6.07) is 7.37. The minimum atomic E-state index is 0.216. The molecular formula is C15H24N2. The SMILES string of the molecule is CC1CCN(C)c2cc(C(C)(C)C)ccc2N1. The highest BCUT2D eigenvalue weighted by Crippen LogP contribution is 2.34. The Labute approximate surface area is 105 Å². The number of nitrogens with one attached hydrogen (secondary N) is 1. The highest BCUT2D eigenvalue weighted by Gasteiger charge is 2.20. The summed E-state index contributed by atoms with van der Waals surface area (Å²) in [6.45, 7) is 10.2. The predicted molar refractivity (Wildman–Crippen MR) is 76.1 cm³/mol. The fourth-order valence-corrected chi connectivity index (χ4v) is 2.28. The quantitative estimate of drug-likeness (QED) is 0.735. The lowest BCUT2D eigenvalue weighted by Gasteiger charge is -2.24. The zero-order valence-corrected chi connectivity index (χ0v) is 11.7. The molecular weight excluding hydrogens is 208 g/mol. The lowest BCUT2D eigenvalue weighted by atomic mass is 9.86. The van der Waals surface area contributed by atoms with E-state index in [-0.39, 0.29) is 5.41 Å². The zero-order valence-electron chi connectivity index (χ0n) is 11.7. The maximum Gasteiger partial charge on any atom is 0.0602 e. The van der Waals surface area contributed by atoms with Crippen molar-refractivity contribution in [3.63, 3.8) is 0 Å². The highest BCUT2D eigenvalue weighted by atomic mass is 15.1. The van der Waals surface area contributed by atoms with Gasteiger partial charge in [0.1, 0.15) is 0 Å². The average Bonchev–Trinajstić information content (AvgIpc) is 2.37. The van der Waals surface area contributed by atoms with Crippen LogP contribution >= 0.6 is 0 Å². The molecule has 0 amide bonds. The maximum atomic E-state index is 3.59. The molecule has 1 aromatic rings. The number of nitrogens with zero attached hydrogens (tertiary/aromatic N) is 1. The number of fused-ring (bicyclic) bond motifs is 1. The van der Waals surface area contributed by atoms with Gasteiger partial charge in [0.15, 0.2) is 0 Å². The molecule has 2 rings (SSSR count). The summed E-state index contributed by atoms with van der Waals surface area (Å²) < 4.78 is 0. The third kappa shape index (κ3) is 2.56. The second-order valence-electron chi connectivity index (χ2n) is 6.24. The highest BCUT2D eigenvalue weighted by molar-refractivity contribution is 5.72. The first-order valence-electron chi connectivity index (χ1n) is 6.50. The van der Waals surface area contributed by atoms with Gasteiger partial charge in [-0.2, -0.15) is 0 Å². The van der Waals surface area contributed by atoms with Crippen LogP contribution in [0.4, 0.5) is 11.4 Å². The molecule has 1 unspecified atom stereocenters. The molecule has 0 bridgehead atoms. The van der Waals surface area contributed by atoms with Crippen LogP contribution in [0.2, 0.25) is 0 Å². The van der Waals surface area contributed by atoms with Gasteiger partial charge in [-0.25, -0.2) is 0 Å². The van der Waals surface area contributed by atoms with E-state index in [9.17, 15) is 0 Å². The molecule has 17 heavy (non-hydrogen) atoms. The molecule has 1 aliphatic heterocycles. The Morgan fingerprint density at radius 1 is 1.29 bits per heavy atom. The predicted octanol–water partition coefficient (Wildman–Crippen LogP) is 3.62. The van der Waals surface area contributed by atoms with E-state index in [1.54, 1.807) is 0 Å². The van der Waals surface area contributed by atoms with E-state index in [0.29, 0.717) is 6.04 Å². The molecule has 0 spiro atoms. The Bertz CT molecular complexity index is 404. The molecule has 0 saturated heterocycles. The van der Waals surface area contributed by atoms with Crippen LogP contribution in [-0.4, -0.2) is 19.6 Å². The van der Waals surface area contributed by atoms with Gasteiger partial charge in [-0.05, 0) is 36.5 Å². The summed E-state index contributed by atoms with van der Waals surface area (Å²) in [7, 11) is 2.19. The lowest BCUT2D eigenvalue weighted by Crippen LogP contribution is -2.20. The van der Waals surface area contributed by atoms with E-state index in [2.05, 4.69) is 63.2 Å². The van der Waals surface area contributed by atoms with Crippen LogP contribution < -0.4 is 10.2 Å². The maximum absolute atomic E-state index is 3.59. The van der Waals surface area contributed by atoms with E-state index in [0.717, 1.165) is 6.54 Å². The lowest BCUT2D eigenvalue weighted by molar-refractivity contribution is 0.590. The van der Waals surface area contributed by atoms with Crippen molar-refractivity contribution in [2.45, 2.75) is 45.6 Å². The van der Waals surface area contributed by atoms with Crippen LogP contribution in [0.1, 0.15) is 39.7 Å². The summed E-state index contributed by atoms with van der Waals surface area (Å²) in [6.07, 6.45) is 1.19. The van der Waals surface area contributed by atoms with Gasteiger partial charge in [0.05, 0.1) is 11.4 Å². The van der Waals surface area contributed by atoms with Gasteiger partial charge in [0.25, 0.3) is 0 Å². The third-order valence-electron chi connectivity index (χ3n) is 3.57. The van der Waals surface area contributed by atoms with Gasteiger partial charge in [-0.3, -0.25) is 0 Å². The second kappa shape index (κ2) is 4.25. The number of hydrogen-bond acceptors (Lipinski definition) is 2.